The van der Waals surface area contributed by atoms with Crippen LogP contribution in [0.2, 0.25) is 0 Å². The minimum Gasteiger partial charge on any atom is -0.387 e. The van der Waals surface area contributed by atoms with E-state index < -0.39 is 21.4 Å². The van der Waals surface area contributed by atoms with Gasteiger partial charge in [-0.2, -0.15) is 4.31 Å². The maximum Gasteiger partial charge on any atom is 0.269 e. The lowest BCUT2D eigenvalue weighted by Crippen LogP contribution is -2.40. The number of amides is 1. The first-order chi connectivity index (χ1) is 13.4. The van der Waals surface area contributed by atoms with E-state index in [1.54, 1.807) is 0 Å². The van der Waals surface area contributed by atoms with E-state index in [0.717, 1.165) is 25.0 Å². The number of hydrogen-bond donors (Lipinski definition) is 1. The van der Waals surface area contributed by atoms with Crippen LogP contribution in [0.4, 0.5) is 4.39 Å². The summed E-state index contributed by atoms with van der Waals surface area (Å²) in [5.74, 6) is -0.810. The number of halogens is 1. The fourth-order valence-corrected chi connectivity index (χ4v) is 5.26. The molecule has 0 radical (unpaired) electrons. The Morgan fingerprint density at radius 2 is 2.14 bits per heavy atom. The van der Waals surface area contributed by atoms with Gasteiger partial charge in [0.1, 0.15) is 11.5 Å². The van der Waals surface area contributed by atoms with Crippen LogP contribution in [0, 0.1) is 5.82 Å². The van der Waals surface area contributed by atoms with E-state index in [1.807, 2.05) is 0 Å². The van der Waals surface area contributed by atoms with Gasteiger partial charge in [0.15, 0.2) is 5.60 Å². The SMILES string of the molecule is O=C(NC[C@@H]1CCCO1)C1=NO[C@@]2(CCN(S(=O)(=O)c3ccc(F)cc3)C2)C1. The molecular weight excluding hydrogens is 389 g/mol. The van der Waals surface area contributed by atoms with Gasteiger partial charge in [0, 0.05) is 32.5 Å². The van der Waals surface area contributed by atoms with Crippen LogP contribution in [0.15, 0.2) is 34.3 Å². The van der Waals surface area contributed by atoms with E-state index >= 15 is 0 Å². The minimum absolute atomic E-state index is 0.0272. The van der Waals surface area contributed by atoms with Crippen LogP contribution in [0.3, 0.4) is 0 Å². The van der Waals surface area contributed by atoms with Crippen molar-refractivity contribution in [3.05, 3.63) is 30.1 Å². The molecule has 1 N–H and O–H groups in total. The number of hydrogen-bond acceptors (Lipinski definition) is 6. The summed E-state index contributed by atoms with van der Waals surface area (Å²) in [7, 11) is -3.76. The monoisotopic (exact) mass is 411 g/mol. The molecule has 152 valence electrons. The van der Waals surface area contributed by atoms with Gasteiger partial charge in [0.25, 0.3) is 5.91 Å². The predicted molar refractivity (Wildman–Crippen MR) is 97.6 cm³/mol. The molecule has 1 aromatic carbocycles. The predicted octanol–water partition coefficient (Wildman–Crippen LogP) is 1.03. The van der Waals surface area contributed by atoms with Crippen molar-refractivity contribution in [3.63, 3.8) is 0 Å². The average Bonchev–Trinajstić information content (AvgIpc) is 3.42. The lowest BCUT2D eigenvalue weighted by Gasteiger charge is -2.21. The average molecular weight is 411 g/mol. The Hall–Kier alpha value is -2.04. The van der Waals surface area contributed by atoms with Crippen molar-refractivity contribution >= 4 is 21.6 Å². The summed E-state index contributed by atoms with van der Waals surface area (Å²) in [6, 6.07) is 4.71. The number of oxime groups is 1. The van der Waals surface area contributed by atoms with Crippen LogP contribution in [0.5, 0.6) is 0 Å². The van der Waals surface area contributed by atoms with Crippen molar-refractivity contribution in [3.8, 4) is 0 Å². The summed E-state index contributed by atoms with van der Waals surface area (Å²) in [6.07, 6.45) is 2.62. The standard InChI is InChI=1S/C18H22FN3O5S/c19-13-3-5-15(6-4-13)28(24,25)22-8-7-18(12-22)10-16(21-27-18)17(23)20-11-14-2-1-9-26-14/h3-6,14H,1-2,7-12H2,(H,20,23)/t14-,18-/m0/s1. The van der Waals surface area contributed by atoms with Gasteiger partial charge < -0.3 is 14.9 Å². The molecule has 3 heterocycles. The molecule has 2 saturated heterocycles. The molecule has 1 amide bonds. The normalized spacial score (nSPS) is 27.8. The molecule has 8 nitrogen and oxygen atoms in total. The van der Waals surface area contributed by atoms with Crippen LogP contribution in [-0.4, -0.2) is 62.3 Å². The third-order valence-electron chi connectivity index (χ3n) is 5.35. The van der Waals surface area contributed by atoms with E-state index in [0.29, 0.717) is 19.6 Å². The molecule has 0 bridgehead atoms. The van der Waals surface area contributed by atoms with Crippen LogP contribution in [0.1, 0.15) is 25.7 Å². The first-order valence-corrected chi connectivity index (χ1v) is 10.7. The van der Waals surface area contributed by atoms with Gasteiger partial charge in [-0.15, -0.1) is 0 Å². The first kappa shape index (κ1) is 19.3. The van der Waals surface area contributed by atoms with Crippen LogP contribution < -0.4 is 5.32 Å². The highest BCUT2D eigenvalue weighted by atomic mass is 32.2. The Morgan fingerprint density at radius 1 is 1.36 bits per heavy atom. The summed E-state index contributed by atoms with van der Waals surface area (Å²) in [5.41, 5.74) is -0.567. The summed E-state index contributed by atoms with van der Waals surface area (Å²) in [5, 5.41) is 6.71. The maximum atomic E-state index is 13.1. The van der Waals surface area contributed by atoms with Gasteiger partial charge >= 0.3 is 0 Å². The number of carbonyl (C=O) groups excluding carboxylic acids is 1. The Bertz CT molecular complexity index is 883. The van der Waals surface area contributed by atoms with Gasteiger partial charge in [-0.1, -0.05) is 5.16 Å². The molecule has 1 spiro atoms. The zero-order valence-electron chi connectivity index (χ0n) is 15.3. The molecule has 28 heavy (non-hydrogen) atoms. The zero-order chi connectivity index (χ0) is 19.8. The van der Waals surface area contributed by atoms with Gasteiger partial charge in [-0.25, -0.2) is 12.8 Å². The molecule has 0 unspecified atom stereocenters. The zero-order valence-corrected chi connectivity index (χ0v) is 16.1. The highest BCUT2D eigenvalue weighted by Gasteiger charge is 2.49. The van der Waals surface area contributed by atoms with Gasteiger partial charge in [0.05, 0.1) is 17.5 Å². The second-order valence-corrected chi connectivity index (χ2v) is 9.31. The number of carbonyl (C=O) groups is 1. The molecule has 3 aliphatic rings. The highest BCUT2D eigenvalue weighted by Crippen LogP contribution is 2.36. The molecule has 0 saturated carbocycles. The molecule has 1 aromatic rings. The molecule has 4 rings (SSSR count). The molecule has 2 fully saturated rings. The number of sulfonamides is 1. The lowest BCUT2D eigenvalue weighted by molar-refractivity contribution is -0.115. The first-order valence-electron chi connectivity index (χ1n) is 9.29. The van der Waals surface area contributed by atoms with Crippen molar-refractivity contribution in [1.29, 1.82) is 0 Å². The Kier molecular flexibility index (Phi) is 5.11. The summed E-state index contributed by atoms with van der Waals surface area (Å²) in [6.45, 7) is 1.49. The van der Waals surface area contributed by atoms with E-state index in [9.17, 15) is 17.6 Å². The minimum atomic E-state index is -3.76. The lowest BCUT2D eigenvalue weighted by atomic mass is 9.96. The summed E-state index contributed by atoms with van der Waals surface area (Å²) in [4.78, 5) is 17.9. The van der Waals surface area contributed by atoms with Crippen molar-refractivity contribution in [2.45, 2.75) is 42.3 Å². The van der Waals surface area contributed by atoms with E-state index in [1.165, 1.54) is 16.4 Å². The topological polar surface area (TPSA) is 97.3 Å². The van der Waals surface area contributed by atoms with Crippen LogP contribution in [-0.2, 0) is 24.4 Å². The number of rotatable bonds is 5. The molecule has 10 heteroatoms. The van der Waals surface area contributed by atoms with Crippen molar-refractivity contribution in [2.24, 2.45) is 5.16 Å². The smallest absolute Gasteiger partial charge is 0.269 e. The molecular formula is C18H22FN3O5S. The number of nitrogens with zero attached hydrogens (tertiary/aromatic N) is 2. The molecule has 3 aliphatic heterocycles. The van der Waals surface area contributed by atoms with Crippen LogP contribution in [0.25, 0.3) is 0 Å². The summed E-state index contributed by atoms with van der Waals surface area (Å²) >= 11 is 0. The summed E-state index contributed by atoms with van der Waals surface area (Å²) < 4.78 is 45.4. The van der Waals surface area contributed by atoms with Crippen molar-refractivity contribution < 1.29 is 27.2 Å². The van der Waals surface area contributed by atoms with E-state index in [4.69, 9.17) is 9.57 Å². The van der Waals surface area contributed by atoms with E-state index in [2.05, 4.69) is 10.5 Å². The molecule has 0 aromatic heterocycles. The van der Waals surface area contributed by atoms with Crippen LogP contribution >= 0.6 is 0 Å². The largest absolute Gasteiger partial charge is 0.387 e. The van der Waals surface area contributed by atoms with Crippen molar-refractivity contribution in [1.82, 2.24) is 9.62 Å². The van der Waals surface area contributed by atoms with E-state index in [-0.39, 0.29) is 42.1 Å². The van der Waals surface area contributed by atoms with Gasteiger partial charge in [0.2, 0.25) is 10.0 Å². The highest BCUT2D eigenvalue weighted by molar-refractivity contribution is 7.89. The molecule has 2 atom stereocenters. The Balaban J connectivity index is 1.36. The fraction of sp³-hybridized carbons (Fsp3) is 0.556. The Morgan fingerprint density at radius 3 is 2.86 bits per heavy atom. The second kappa shape index (κ2) is 7.41. The third kappa shape index (κ3) is 3.76. The van der Waals surface area contributed by atoms with Crippen molar-refractivity contribution in [2.75, 3.05) is 26.2 Å². The maximum absolute atomic E-state index is 13.1. The Labute approximate surface area is 162 Å². The van der Waals surface area contributed by atoms with Gasteiger partial charge in [-0.3, -0.25) is 4.79 Å². The van der Waals surface area contributed by atoms with Gasteiger partial charge in [-0.05, 0) is 37.1 Å². The number of benzene rings is 1. The quantitative estimate of drug-likeness (QED) is 0.781. The fourth-order valence-electron chi connectivity index (χ4n) is 3.74. The molecule has 0 aliphatic carbocycles. The third-order valence-corrected chi connectivity index (χ3v) is 7.21. The number of nitrogens with one attached hydrogen (secondary N) is 1. The second-order valence-electron chi connectivity index (χ2n) is 7.38. The number of ether oxygens (including phenoxy) is 1.